The molecular weight excluding hydrogens is 452 g/mol. The van der Waals surface area contributed by atoms with E-state index in [9.17, 15) is 14.4 Å². The van der Waals surface area contributed by atoms with Gasteiger partial charge in [0.2, 0.25) is 5.91 Å². The summed E-state index contributed by atoms with van der Waals surface area (Å²) in [4.78, 5) is 37.7. The molecule has 0 spiro atoms. The van der Waals surface area contributed by atoms with E-state index in [1.165, 1.54) is 16.4 Å². The number of hydrogen-bond acceptors (Lipinski definition) is 5. The summed E-state index contributed by atoms with van der Waals surface area (Å²) >= 11 is 1.33. The van der Waals surface area contributed by atoms with Crippen molar-refractivity contribution in [1.82, 2.24) is 24.1 Å². The van der Waals surface area contributed by atoms with Crippen LogP contribution in [-0.4, -0.2) is 35.8 Å². The topological polar surface area (TPSA) is 107 Å². The molecular formula is C24H26N6O3S. The minimum Gasteiger partial charge on any atom is -0.320 e. The summed E-state index contributed by atoms with van der Waals surface area (Å²) in [6.45, 7) is 2.29. The van der Waals surface area contributed by atoms with Crippen molar-refractivity contribution in [2.24, 2.45) is 7.05 Å². The van der Waals surface area contributed by atoms with Crippen molar-refractivity contribution >= 4 is 23.4 Å². The summed E-state index contributed by atoms with van der Waals surface area (Å²) in [6, 6.07) is 19.2. The molecule has 0 saturated heterocycles. The SMILES string of the molecule is Cc1c(NC(=O)CCSc2n[nH]c(=O)n2CCc2ccccc2)c(=O)n(-c2ccccc2)n1C. The second kappa shape index (κ2) is 10.4. The predicted molar refractivity (Wildman–Crippen MR) is 133 cm³/mol. The molecule has 4 rings (SSSR count). The van der Waals surface area contributed by atoms with E-state index in [0.717, 1.165) is 11.3 Å². The quantitative estimate of drug-likeness (QED) is 0.360. The molecule has 1 amide bonds. The van der Waals surface area contributed by atoms with Crippen LogP contribution in [0, 0.1) is 6.92 Å². The van der Waals surface area contributed by atoms with Crippen LogP contribution in [0.5, 0.6) is 0 Å². The lowest BCUT2D eigenvalue weighted by molar-refractivity contribution is -0.115. The molecule has 176 valence electrons. The Balaban J connectivity index is 1.37. The van der Waals surface area contributed by atoms with Gasteiger partial charge in [-0.2, -0.15) is 0 Å². The Morgan fingerprint density at radius 2 is 1.74 bits per heavy atom. The zero-order valence-corrected chi connectivity index (χ0v) is 19.8. The highest BCUT2D eigenvalue weighted by molar-refractivity contribution is 7.99. The van der Waals surface area contributed by atoms with E-state index in [1.54, 1.807) is 23.2 Å². The first-order valence-corrected chi connectivity index (χ1v) is 11.9. The van der Waals surface area contributed by atoms with Crippen molar-refractivity contribution < 1.29 is 4.79 Å². The number of aryl methyl sites for hydroxylation is 1. The van der Waals surface area contributed by atoms with Crippen LogP contribution in [0.15, 0.2) is 75.4 Å². The van der Waals surface area contributed by atoms with Gasteiger partial charge in [0.25, 0.3) is 5.56 Å². The van der Waals surface area contributed by atoms with Gasteiger partial charge in [0.15, 0.2) is 5.16 Å². The van der Waals surface area contributed by atoms with Crippen LogP contribution in [0.2, 0.25) is 0 Å². The van der Waals surface area contributed by atoms with Gasteiger partial charge in [-0.15, -0.1) is 5.10 Å². The largest absolute Gasteiger partial charge is 0.343 e. The number of hydrogen-bond donors (Lipinski definition) is 2. The molecule has 2 aromatic heterocycles. The summed E-state index contributed by atoms with van der Waals surface area (Å²) in [5, 5.41) is 9.86. The molecule has 0 radical (unpaired) electrons. The van der Waals surface area contributed by atoms with Gasteiger partial charge in [-0.25, -0.2) is 14.6 Å². The number of carbonyl (C=O) groups excluding carboxylic acids is 1. The minimum atomic E-state index is -0.283. The number of carbonyl (C=O) groups is 1. The van der Waals surface area contributed by atoms with E-state index in [-0.39, 0.29) is 29.3 Å². The molecule has 2 heterocycles. The van der Waals surface area contributed by atoms with Crippen LogP contribution in [-0.2, 0) is 24.8 Å². The lowest BCUT2D eigenvalue weighted by atomic mass is 10.1. The molecule has 0 fully saturated rings. The van der Waals surface area contributed by atoms with Crippen LogP contribution in [0.25, 0.3) is 5.69 Å². The first-order chi connectivity index (χ1) is 16.5. The molecule has 4 aromatic rings. The third kappa shape index (κ3) is 5.07. The highest BCUT2D eigenvalue weighted by Gasteiger charge is 2.18. The molecule has 0 unspecified atom stereocenters. The summed E-state index contributed by atoms with van der Waals surface area (Å²) in [7, 11) is 1.78. The van der Waals surface area contributed by atoms with Crippen LogP contribution < -0.4 is 16.6 Å². The van der Waals surface area contributed by atoms with Gasteiger partial charge in [0.1, 0.15) is 5.69 Å². The number of benzene rings is 2. The zero-order chi connectivity index (χ0) is 24.1. The van der Waals surface area contributed by atoms with Gasteiger partial charge < -0.3 is 5.32 Å². The Kier molecular flexibility index (Phi) is 7.17. The fourth-order valence-corrected chi connectivity index (χ4v) is 4.56. The molecule has 0 atom stereocenters. The van der Waals surface area contributed by atoms with E-state index in [1.807, 2.05) is 60.7 Å². The zero-order valence-electron chi connectivity index (χ0n) is 19.0. The summed E-state index contributed by atoms with van der Waals surface area (Å²) in [5.74, 6) is 0.146. The number of thioether (sulfide) groups is 1. The number of H-pyrrole nitrogens is 1. The highest BCUT2D eigenvalue weighted by Crippen LogP contribution is 2.17. The number of amides is 1. The Morgan fingerprint density at radius 3 is 2.44 bits per heavy atom. The van der Waals surface area contributed by atoms with E-state index < -0.39 is 0 Å². The minimum absolute atomic E-state index is 0.170. The molecule has 10 heteroatoms. The first-order valence-electron chi connectivity index (χ1n) is 10.9. The van der Waals surface area contributed by atoms with Crippen LogP contribution in [0.4, 0.5) is 5.69 Å². The first kappa shape index (κ1) is 23.4. The highest BCUT2D eigenvalue weighted by atomic mass is 32.2. The standard InChI is InChI=1S/C24H26N6O3S/c1-17-21(22(32)30(28(17)2)19-11-7-4-8-12-19)25-20(31)14-16-34-24-27-26-23(33)29(24)15-13-18-9-5-3-6-10-18/h3-12H,13-16H2,1-2H3,(H,25,31)(H,26,33). The van der Waals surface area contributed by atoms with Gasteiger partial charge in [0, 0.05) is 25.8 Å². The Bertz CT molecular complexity index is 1390. The van der Waals surface area contributed by atoms with Crippen molar-refractivity contribution in [3.05, 3.63) is 92.8 Å². The number of para-hydroxylation sites is 1. The van der Waals surface area contributed by atoms with Crippen molar-refractivity contribution in [2.45, 2.75) is 31.5 Å². The molecule has 0 aliphatic heterocycles. The monoisotopic (exact) mass is 478 g/mol. The summed E-state index contributed by atoms with van der Waals surface area (Å²) in [5.41, 5.74) is 2.22. The predicted octanol–water partition coefficient (Wildman–Crippen LogP) is 2.73. The fraction of sp³-hybridized carbons (Fsp3) is 0.250. The molecule has 9 nitrogen and oxygen atoms in total. The second-order valence-electron chi connectivity index (χ2n) is 7.78. The lowest BCUT2D eigenvalue weighted by Gasteiger charge is -2.07. The van der Waals surface area contributed by atoms with E-state index in [0.29, 0.717) is 29.6 Å². The van der Waals surface area contributed by atoms with Crippen LogP contribution >= 0.6 is 11.8 Å². The average Bonchev–Trinajstić information content (AvgIpc) is 3.30. The number of nitrogens with one attached hydrogen (secondary N) is 2. The number of aromatic nitrogens is 5. The van der Waals surface area contributed by atoms with E-state index in [4.69, 9.17) is 0 Å². The molecule has 34 heavy (non-hydrogen) atoms. The fourth-order valence-electron chi connectivity index (χ4n) is 3.65. The van der Waals surface area contributed by atoms with Crippen molar-refractivity contribution in [1.29, 1.82) is 0 Å². The lowest BCUT2D eigenvalue weighted by Crippen LogP contribution is -2.23. The Labute approximate surface area is 200 Å². The van der Waals surface area contributed by atoms with Crippen molar-refractivity contribution in [3.8, 4) is 5.69 Å². The van der Waals surface area contributed by atoms with Gasteiger partial charge in [0.05, 0.1) is 11.4 Å². The molecule has 2 aromatic carbocycles. The average molecular weight is 479 g/mol. The molecule has 0 aliphatic carbocycles. The number of nitrogens with zero attached hydrogens (tertiary/aromatic N) is 4. The maximum absolute atomic E-state index is 12.9. The number of anilines is 1. The van der Waals surface area contributed by atoms with Gasteiger partial charge in [-0.3, -0.25) is 18.8 Å². The molecule has 0 bridgehead atoms. The Morgan fingerprint density at radius 1 is 1.06 bits per heavy atom. The maximum Gasteiger partial charge on any atom is 0.343 e. The Hall–Kier alpha value is -3.79. The summed E-state index contributed by atoms with van der Waals surface area (Å²) < 4.78 is 4.82. The van der Waals surface area contributed by atoms with Crippen LogP contribution in [0.1, 0.15) is 17.7 Å². The van der Waals surface area contributed by atoms with Crippen molar-refractivity contribution in [3.63, 3.8) is 0 Å². The molecule has 0 saturated carbocycles. The normalized spacial score (nSPS) is 11.0. The van der Waals surface area contributed by atoms with Gasteiger partial charge in [-0.1, -0.05) is 60.3 Å². The van der Waals surface area contributed by atoms with Gasteiger partial charge >= 0.3 is 5.69 Å². The van der Waals surface area contributed by atoms with Crippen LogP contribution in [0.3, 0.4) is 0 Å². The third-order valence-electron chi connectivity index (χ3n) is 5.57. The maximum atomic E-state index is 12.9. The smallest absolute Gasteiger partial charge is 0.320 e. The number of aromatic amines is 1. The second-order valence-corrected chi connectivity index (χ2v) is 8.84. The third-order valence-corrected chi connectivity index (χ3v) is 6.55. The summed E-state index contributed by atoms with van der Waals surface area (Å²) in [6.07, 6.45) is 0.874. The molecule has 0 aliphatic rings. The molecule has 2 N–H and O–H groups in total. The van der Waals surface area contributed by atoms with Crippen molar-refractivity contribution in [2.75, 3.05) is 11.1 Å². The van der Waals surface area contributed by atoms with Gasteiger partial charge in [-0.05, 0) is 31.0 Å². The van der Waals surface area contributed by atoms with E-state index in [2.05, 4.69) is 15.5 Å². The van der Waals surface area contributed by atoms with E-state index >= 15 is 0 Å². The number of rotatable bonds is 9.